The lowest BCUT2D eigenvalue weighted by Crippen LogP contribution is -2.17. The molecule has 0 saturated heterocycles. The molecule has 1 aromatic heterocycles. The van der Waals surface area contributed by atoms with Crippen molar-refractivity contribution in [2.75, 3.05) is 5.75 Å². The van der Waals surface area contributed by atoms with Gasteiger partial charge in [-0.25, -0.2) is 0 Å². The zero-order valence-corrected chi connectivity index (χ0v) is 7.95. The molecule has 0 aliphatic heterocycles. The van der Waals surface area contributed by atoms with Crippen molar-refractivity contribution in [1.29, 1.82) is 0 Å². The number of nitrogens with zero attached hydrogens (tertiary/aromatic N) is 1. The van der Waals surface area contributed by atoms with Crippen LogP contribution in [0.1, 0.15) is 5.56 Å². The summed E-state index contributed by atoms with van der Waals surface area (Å²) >= 11 is 3.99. The second-order valence-corrected chi connectivity index (χ2v) is 3.14. The van der Waals surface area contributed by atoms with Gasteiger partial charge in [0.05, 0.1) is 5.92 Å². The Bertz CT molecular complexity index is 276. The molecular weight excluding hydrogens is 186 g/mol. The molecule has 1 heterocycles. The van der Waals surface area contributed by atoms with Gasteiger partial charge in [0.15, 0.2) is 0 Å². The molecule has 70 valence electrons. The van der Waals surface area contributed by atoms with Gasteiger partial charge in [0.2, 0.25) is 0 Å². The van der Waals surface area contributed by atoms with Crippen LogP contribution >= 0.6 is 12.6 Å². The van der Waals surface area contributed by atoms with Crippen LogP contribution in [0.5, 0.6) is 0 Å². The van der Waals surface area contributed by atoms with Crippen molar-refractivity contribution in [1.82, 2.24) is 4.98 Å². The first kappa shape index (κ1) is 10.1. The third-order valence-electron chi connectivity index (χ3n) is 1.80. The fourth-order valence-electron chi connectivity index (χ4n) is 1.03. The van der Waals surface area contributed by atoms with Crippen LogP contribution < -0.4 is 0 Å². The average molecular weight is 197 g/mol. The highest BCUT2D eigenvalue weighted by Crippen LogP contribution is 2.09. The van der Waals surface area contributed by atoms with Crippen LogP contribution in [0.25, 0.3) is 0 Å². The summed E-state index contributed by atoms with van der Waals surface area (Å²) in [6.07, 6.45) is 3.83. The fraction of sp³-hybridized carbons (Fsp3) is 0.333. The first-order valence-electron chi connectivity index (χ1n) is 3.96. The van der Waals surface area contributed by atoms with Gasteiger partial charge in [0.25, 0.3) is 0 Å². The van der Waals surface area contributed by atoms with Crippen LogP contribution in [0.3, 0.4) is 0 Å². The summed E-state index contributed by atoms with van der Waals surface area (Å²) in [5.74, 6) is -0.852. The highest BCUT2D eigenvalue weighted by Gasteiger charge is 2.15. The molecule has 0 saturated carbocycles. The third-order valence-corrected chi connectivity index (χ3v) is 2.24. The van der Waals surface area contributed by atoms with Crippen molar-refractivity contribution < 1.29 is 9.90 Å². The van der Waals surface area contributed by atoms with Crippen molar-refractivity contribution in [2.24, 2.45) is 5.92 Å². The molecule has 0 radical (unpaired) electrons. The largest absolute Gasteiger partial charge is 0.481 e. The number of carboxylic acid groups (broad SMARTS) is 1. The second kappa shape index (κ2) is 4.87. The molecule has 0 spiro atoms. The monoisotopic (exact) mass is 197 g/mol. The summed E-state index contributed by atoms with van der Waals surface area (Å²) in [6, 6.07) is 3.64. The number of hydrogen-bond acceptors (Lipinski definition) is 3. The Kier molecular flexibility index (Phi) is 3.76. The molecule has 0 fully saturated rings. The molecule has 0 bridgehead atoms. The van der Waals surface area contributed by atoms with E-state index in [1.165, 1.54) is 0 Å². The Balaban J connectivity index is 2.62. The standard InChI is InChI=1S/C9H11NO2S/c11-9(12)8(6-13)5-7-1-3-10-4-2-7/h1-4,8,13H,5-6H2,(H,11,12). The minimum Gasteiger partial charge on any atom is -0.481 e. The summed E-state index contributed by atoms with van der Waals surface area (Å²) in [4.78, 5) is 14.5. The molecule has 0 amide bonds. The highest BCUT2D eigenvalue weighted by molar-refractivity contribution is 7.80. The number of carboxylic acids is 1. The maximum atomic E-state index is 10.7. The van der Waals surface area contributed by atoms with Crippen molar-refractivity contribution >= 4 is 18.6 Å². The first-order valence-corrected chi connectivity index (χ1v) is 4.60. The smallest absolute Gasteiger partial charge is 0.307 e. The number of carbonyl (C=O) groups is 1. The Morgan fingerprint density at radius 1 is 1.54 bits per heavy atom. The van der Waals surface area contributed by atoms with Gasteiger partial charge in [-0.1, -0.05) is 0 Å². The van der Waals surface area contributed by atoms with Crippen molar-refractivity contribution in [3.8, 4) is 0 Å². The fourth-order valence-corrected chi connectivity index (χ4v) is 1.32. The van der Waals surface area contributed by atoms with E-state index >= 15 is 0 Å². The molecule has 1 unspecified atom stereocenters. The van der Waals surface area contributed by atoms with E-state index in [0.717, 1.165) is 5.56 Å². The molecular formula is C9H11NO2S. The van der Waals surface area contributed by atoms with Gasteiger partial charge in [0.1, 0.15) is 0 Å². The number of aliphatic carboxylic acids is 1. The lowest BCUT2D eigenvalue weighted by atomic mass is 10.0. The summed E-state index contributed by atoms with van der Waals surface area (Å²) in [7, 11) is 0. The van der Waals surface area contributed by atoms with Gasteiger partial charge in [0, 0.05) is 18.1 Å². The van der Waals surface area contributed by atoms with E-state index < -0.39 is 11.9 Å². The predicted octanol–water partition coefficient (Wildman–Crippen LogP) is 1.25. The van der Waals surface area contributed by atoms with Gasteiger partial charge in [-0.3, -0.25) is 9.78 Å². The minimum absolute atomic E-state index is 0.359. The normalized spacial score (nSPS) is 12.4. The van der Waals surface area contributed by atoms with Gasteiger partial charge < -0.3 is 5.11 Å². The second-order valence-electron chi connectivity index (χ2n) is 2.78. The molecule has 3 nitrogen and oxygen atoms in total. The van der Waals surface area contributed by atoms with E-state index in [0.29, 0.717) is 12.2 Å². The van der Waals surface area contributed by atoms with Crippen molar-refractivity contribution in [3.63, 3.8) is 0 Å². The lowest BCUT2D eigenvalue weighted by Gasteiger charge is -2.08. The number of thiol groups is 1. The molecule has 1 N–H and O–H groups in total. The average Bonchev–Trinajstić information content (AvgIpc) is 2.15. The van der Waals surface area contributed by atoms with Crippen LogP contribution in [0.2, 0.25) is 0 Å². The Morgan fingerprint density at radius 2 is 2.15 bits per heavy atom. The van der Waals surface area contributed by atoms with Gasteiger partial charge in [-0.05, 0) is 24.1 Å². The maximum Gasteiger partial charge on any atom is 0.307 e. The van der Waals surface area contributed by atoms with Crippen LogP contribution in [0.15, 0.2) is 24.5 Å². The van der Waals surface area contributed by atoms with E-state index in [1.807, 2.05) is 12.1 Å². The van der Waals surface area contributed by atoms with E-state index in [1.54, 1.807) is 12.4 Å². The number of aromatic nitrogens is 1. The van der Waals surface area contributed by atoms with Crippen molar-refractivity contribution in [2.45, 2.75) is 6.42 Å². The van der Waals surface area contributed by atoms with Crippen LogP contribution in [-0.2, 0) is 11.2 Å². The Labute approximate surface area is 82.2 Å². The molecule has 0 aromatic carbocycles. The van der Waals surface area contributed by atoms with Gasteiger partial charge in [-0.15, -0.1) is 0 Å². The predicted molar refractivity (Wildman–Crippen MR) is 52.9 cm³/mol. The summed E-state index contributed by atoms with van der Waals surface area (Å²) in [5.41, 5.74) is 0.983. The first-order chi connectivity index (χ1) is 6.24. The van der Waals surface area contributed by atoms with E-state index in [4.69, 9.17) is 5.11 Å². The molecule has 0 aliphatic carbocycles. The SMILES string of the molecule is O=C(O)C(CS)Cc1ccncc1. The van der Waals surface area contributed by atoms with E-state index in [2.05, 4.69) is 17.6 Å². The topological polar surface area (TPSA) is 50.2 Å². The number of hydrogen-bond donors (Lipinski definition) is 2. The third kappa shape index (κ3) is 3.06. The Morgan fingerprint density at radius 3 is 2.62 bits per heavy atom. The summed E-state index contributed by atoms with van der Waals surface area (Å²) in [5, 5.41) is 8.77. The van der Waals surface area contributed by atoms with Crippen LogP contribution in [-0.4, -0.2) is 21.8 Å². The quantitative estimate of drug-likeness (QED) is 0.714. The van der Waals surface area contributed by atoms with Gasteiger partial charge >= 0.3 is 5.97 Å². The van der Waals surface area contributed by atoms with Crippen LogP contribution in [0, 0.1) is 5.92 Å². The minimum atomic E-state index is -0.799. The molecule has 4 heteroatoms. The Hall–Kier alpha value is -1.03. The van der Waals surface area contributed by atoms with Crippen LogP contribution in [0.4, 0.5) is 0 Å². The van der Waals surface area contributed by atoms with E-state index in [-0.39, 0.29) is 0 Å². The molecule has 13 heavy (non-hydrogen) atoms. The summed E-state index contributed by atoms with van der Waals surface area (Å²) < 4.78 is 0. The molecule has 1 rings (SSSR count). The molecule has 1 aromatic rings. The molecule has 1 atom stereocenters. The molecule has 0 aliphatic rings. The van der Waals surface area contributed by atoms with Crippen molar-refractivity contribution in [3.05, 3.63) is 30.1 Å². The van der Waals surface area contributed by atoms with E-state index in [9.17, 15) is 4.79 Å². The lowest BCUT2D eigenvalue weighted by molar-refractivity contribution is -0.140. The number of pyridine rings is 1. The summed E-state index contributed by atoms with van der Waals surface area (Å²) in [6.45, 7) is 0. The maximum absolute atomic E-state index is 10.7. The highest BCUT2D eigenvalue weighted by atomic mass is 32.1. The number of rotatable bonds is 4. The zero-order valence-electron chi connectivity index (χ0n) is 7.05. The van der Waals surface area contributed by atoms with Gasteiger partial charge in [-0.2, -0.15) is 12.6 Å². The zero-order chi connectivity index (χ0) is 9.68.